The minimum absolute atomic E-state index is 0.313. The molecule has 0 amide bonds. The lowest BCUT2D eigenvalue weighted by atomic mass is 10.1. The van der Waals surface area contributed by atoms with Crippen molar-refractivity contribution in [2.45, 2.75) is 65.2 Å². The molecule has 0 bridgehead atoms. The Labute approximate surface area is 113 Å². The minimum Gasteiger partial charge on any atom is -0.300 e. The van der Waals surface area contributed by atoms with Crippen LogP contribution in [-0.2, 0) is 4.79 Å². The summed E-state index contributed by atoms with van der Waals surface area (Å²) in [7, 11) is 0. The van der Waals surface area contributed by atoms with Crippen molar-refractivity contribution >= 4 is 5.78 Å². The average molecular weight is 248 g/mol. The van der Waals surface area contributed by atoms with Gasteiger partial charge in [-0.05, 0) is 45.4 Å². The van der Waals surface area contributed by atoms with Crippen LogP contribution in [0.1, 0.15) is 65.2 Å². The maximum Gasteiger partial charge on any atom is 0.129 e. The third-order valence-corrected chi connectivity index (χ3v) is 2.68. The summed E-state index contributed by atoms with van der Waals surface area (Å²) in [5.74, 6) is 0.313. The van der Waals surface area contributed by atoms with Crippen molar-refractivity contribution < 1.29 is 4.79 Å². The van der Waals surface area contributed by atoms with Crippen LogP contribution in [0.5, 0.6) is 0 Å². The predicted octanol–water partition coefficient (Wildman–Crippen LogP) is 5.38. The second kappa shape index (κ2) is 14.0. The van der Waals surface area contributed by atoms with Crippen LogP contribution in [0.2, 0.25) is 0 Å². The first-order chi connectivity index (χ1) is 8.77. The molecular formula is C17H28O. The largest absolute Gasteiger partial charge is 0.300 e. The SMILES string of the molecule is CC/C=C/C/C=C/C/C=C/CCCCCC(C)=O. The van der Waals surface area contributed by atoms with Crippen molar-refractivity contribution in [2.75, 3.05) is 0 Å². The number of allylic oxidation sites excluding steroid dienone is 6. The quantitative estimate of drug-likeness (QED) is 0.354. The van der Waals surface area contributed by atoms with Crippen molar-refractivity contribution in [3.8, 4) is 0 Å². The fourth-order valence-electron chi connectivity index (χ4n) is 1.64. The van der Waals surface area contributed by atoms with Gasteiger partial charge in [0.2, 0.25) is 0 Å². The summed E-state index contributed by atoms with van der Waals surface area (Å²) in [6.07, 6.45) is 21.8. The van der Waals surface area contributed by atoms with Crippen LogP contribution < -0.4 is 0 Å². The van der Waals surface area contributed by atoms with Crippen molar-refractivity contribution in [1.82, 2.24) is 0 Å². The molecule has 0 aromatic carbocycles. The van der Waals surface area contributed by atoms with Gasteiger partial charge in [-0.3, -0.25) is 0 Å². The monoisotopic (exact) mass is 248 g/mol. The summed E-state index contributed by atoms with van der Waals surface area (Å²) in [5, 5.41) is 0. The molecule has 1 nitrogen and oxygen atoms in total. The summed E-state index contributed by atoms with van der Waals surface area (Å²) < 4.78 is 0. The molecule has 0 heterocycles. The molecule has 0 saturated heterocycles. The van der Waals surface area contributed by atoms with Crippen molar-refractivity contribution in [1.29, 1.82) is 0 Å². The molecular weight excluding hydrogens is 220 g/mol. The molecule has 0 unspecified atom stereocenters. The van der Waals surface area contributed by atoms with E-state index in [2.05, 4.69) is 43.4 Å². The average Bonchev–Trinajstić information content (AvgIpc) is 2.34. The first kappa shape index (κ1) is 16.9. The molecule has 0 radical (unpaired) electrons. The maximum atomic E-state index is 10.7. The Kier molecular flexibility index (Phi) is 13.1. The Morgan fingerprint density at radius 2 is 1.44 bits per heavy atom. The van der Waals surface area contributed by atoms with Gasteiger partial charge in [0.15, 0.2) is 0 Å². The molecule has 0 fully saturated rings. The highest BCUT2D eigenvalue weighted by molar-refractivity contribution is 5.75. The Hall–Kier alpha value is -1.11. The molecule has 0 rings (SSSR count). The molecule has 102 valence electrons. The summed E-state index contributed by atoms with van der Waals surface area (Å²) in [4.78, 5) is 10.7. The molecule has 0 aromatic rings. The van der Waals surface area contributed by atoms with Gasteiger partial charge < -0.3 is 4.79 Å². The second-order valence-corrected chi connectivity index (χ2v) is 4.60. The lowest BCUT2D eigenvalue weighted by Gasteiger charge is -1.95. The van der Waals surface area contributed by atoms with Crippen LogP contribution >= 0.6 is 0 Å². The highest BCUT2D eigenvalue weighted by Gasteiger charge is 1.92. The molecule has 0 N–H and O–H groups in total. The van der Waals surface area contributed by atoms with Crippen LogP contribution in [0.4, 0.5) is 0 Å². The molecule has 0 aliphatic rings. The van der Waals surface area contributed by atoms with Gasteiger partial charge in [-0.2, -0.15) is 0 Å². The fourth-order valence-corrected chi connectivity index (χ4v) is 1.64. The molecule has 0 saturated carbocycles. The maximum absolute atomic E-state index is 10.7. The van der Waals surface area contributed by atoms with E-state index in [-0.39, 0.29) is 0 Å². The Morgan fingerprint density at radius 1 is 0.833 bits per heavy atom. The molecule has 0 spiro atoms. The smallest absolute Gasteiger partial charge is 0.129 e. The predicted molar refractivity (Wildman–Crippen MR) is 80.7 cm³/mol. The van der Waals surface area contributed by atoms with Crippen LogP contribution in [0, 0.1) is 0 Å². The first-order valence-electron chi connectivity index (χ1n) is 7.21. The van der Waals surface area contributed by atoms with E-state index in [0.717, 1.165) is 38.5 Å². The number of carbonyl (C=O) groups excluding carboxylic acids is 1. The van der Waals surface area contributed by atoms with E-state index >= 15 is 0 Å². The minimum atomic E-state index is 0.313. The van der Waals surface area contributed by atoms with E-state index in [1.165, 1.54) is 12.8 Å². The standard InChI is InChI=1S/C17H28O/c1-3-4-5-6-7-8-9-10-11-12-13-14-15-16-17(2)18/h4-5,7-8,10-11H,3,6,9,12-16H2,1-2H3/b5-4+,8-7+,11-10+. The number of Topliss-reactive ketones (excluding diaryl/α,β-unsaturated/α-hetero) is 1. The molecule has 0 aromatic heterocycles. The highest BCUT2D eigenvalue weighted by Crippen LogP contribution is 2.04. The van der Waals surface area contributed by atoms with Gasteiger partial charge in [-0.1, -0.05) is 49.8 Å². The van der Waals surface area contributed by atoms with E-state index < -0.39 is 0 Å². The molecule has 1 heteroatoms. The van der Waals surface area contributed by atoms with Crippen LogP contribution in [0.15, 0.2) is 36.5 Å². The second-order valence-electron chi connectivity index (χ2n) is 4.60. The Bertz CT molecular complexity index is 271. The van der Waals surface area contributed by atoms with Gasteiger partial charge >= 0.3 is 0 Å². The van der Waals surface area contributed by atoms with Crippen LogP contribution in [-0.4, -0.2) is 5.78 Å². The first-order valence-corrected chi connectivity index (χ1v) is 7.21. The summed E-state index contributed by atoms with van der Waals surface area (Å²) in [6, 6.07) is 0. The Balaban J connectivity index is 3.27. The van der Waals surface area contributed by atoms with Crippen molar-refractivity contribution in [3.63, 3.8) is 0 Å². The van der Waals surface area contributed by atoms with Crippen LogP contribution in [0.3, 0.4) is 0 Å². The lowest BCUT2D eigenvalue weighted by molar-refractivity contribution is -0.117. The number of ketones is 1. The van der Waals surface area contributed by atoms with Gasteiger partial charge in [0.1, 0.15) is 5.78 Å². The van der Waals surface area contributed by atoms with E-state index in [4.69, 9.17) is 0 Å². The molecule has 0 aliphatic heterocycles. The number of unbranched alkanes of at least 4 members (excludes halogenated alkanes) is 3. The van der Waals surface area contributed by atoms with Crippen molar-refractivity contribution in [3.05, 3.63) is 36.5 Å². The van der Waals surface area contributed by atoms with Crippen LogP contribution in [0.25, 0.3) is 0 Å². The third kappa shape index (κ3) is 14.9. The zero-order valence-corrected chi connectivity index (χ0v) is 12.0. The Morgan fingerprint density at radius 3 is 2.06 bits per heavy atom. The van der Waals surface area contributed by atoms with Crippen molar-refractivity contribution in [2.24, 2.45) is 0 Å². The van der Waals surface area contributed by atoms with Gasteiger partial charge in [0.25, 0.3) is 0 Å². The third-order valence-electron chi connectivity index (χ3n) is 2.68. The topological polar surface area (TPSA) is 17.1 Å². The van der Waals surface area contributed by atoms with Gasteiger partial charge in [0.05, 0.1) is 0 Å². The molecule has 18 heavy (non-hydrogen) atoms. The lowest BCUT2D eigenvalue weighted by Crippen LogP contribution is -1.88. The summed E-state index contributed by atoms with van der Waals surface area (Å²) in [6.45, 7) is 3.82. The number of carbonyl (C=O) groups is 1. The number of hydrogen-bond acceptors (Lipinski definition) is 1. The number of hydrogen-bond donors (Lipinski definition) is 0. The molecule has 0 atom stereocenters. The number of rotatable bonds is 11. The van der Waals surface area contributed by atoms with E-state index in [1.807, 2.05) is 0 Å². The fraction of sp³-hybridized carbons (Fsp3) is 0.588. The zero-order chi connectivity index (χ0) is 13.5. The zero-order valence-electron chi connectivity index (χ0n) is 12.0. The normalized spacial score (nSPS) is 12.1. The van der Waals surface area contributed by atoms with Gasteiger partial charge in [-0.25, -0.2) is 0 Å². The van der Waals surface area contributed by atoms with E-state index in [9.17, 15) is 4.79 Å². The van der Waals surface area contributed by atoms with E-state index in [1.54, 1.807) is 6.92 Å². The summed E-state index contributed by atoms with van der Waals surface area (Å²) in [5.41, 5.74) is 0. The highest BCUT2D eigenvalue weighted by atomic mass is 16.1. The molecule has 0 aliphatic carbocycles. The summed E-state index contributed by atoms with van der Waals surface area (Å²) >= 11 is 0. The van der Waals surface area contributed by atoms with Gasteiger partial charge in [0, 0.05) is 6.42 Å². The van der Waals surface area contributed by atoms with Gasteiger partial charge in [-0.15, -0.1) is 0 Å². The van der Waals surface area contributed by atoms with E-state index in [0.29, 0.717) is 5.78 Å².